The molecular formula is C12H15ClN4. The van der Waals surface area contributed by atoms with Crippen molar-refractivity contribution in [2.24, 2.45) is 0 Å². The van der Waals surface area contributed by atoms with Crippen LogP contribution in [0.2, 0.25) is 5.02 Å². The molecule has 90 valence electrons. The van der Waals surface area contributed by atoms with Crippen LogP contribution in [0, 0.1) is 0 Å². The predicted molar refractivity (Wildman–Crippen MR) is 69.1 cm³/mol. The van der Waals surface area contributed by atoms with Gasteiger partial charge in [-0.05, 0) is 18.1 Å². The van der Waals surface area contributed by atoms with E-state index in [1.165, 1.54) is 0 Å². The van der Waals surface area contributed by atoms with E-state index in [0.717, 1.165) is 29.4 Å². The molecule has 1 aromatic heterocycles. The summed E-state index contributed by atoms with van der Waals surface area (Å²) in [5, 5.41) is 12.0. The first-order chi connectivity index (χ1) is 8.31. The minimum atomic E-state index is 0.677. The molecule has 0 aliphatic heterocycles. The van der Waals surface area contributed by atoms with Crippen molar-refractivity contribution in [2.45, 2.75) is 26.4 Å². The fraction of sp³-hybridized carbons (Fsp3) is 0.333. The number of anilines is 1. The van der Waals surface area contributed by atoms with Crippen LogP contribution in [0.25, 0.3) is 0 Å². The number of hydrogen-bond donors (Lipinski definition) is 1. The molecule has 1 heterocycles. The predicted octanol–water partition coefficient (Wildman–Crippen LogP) is 2.95. The van der Waals surface area contributed by atoms with E-state index in [0.29, 0.717) is 6.54 Å². The van der Waals surface area contributed by atoms with Crippen LogP contribution >= 0.6 is 11.6 Å². The van der Waals surface area contributed by atoms with Gasteiger partial charge in [0.15, 0.2) is 0 Å². The number of rotatable bonds is 5. The van der Waals surface area contributed by atoms with E-state index in [1.807, 2.05) is 28.9 Å². The maximum atomic E-state index is 6.09. The van der Waals surface area contributed by atoms with Gasteiger partial charge in [-0.25, -0.2) is 4.68 Å². The normalized spacial score (nSPS) is 10.5. The van der Waals surface area contributed by atoms with Crippen molar-refractivity contribution < 1.29 is 0 Å². The first-order valence-corrected chi connectivity index (χ1v) is 6.05. The fourth-order valence-electron chi connectivity index (χ4n) is 1.60. The number of benzene rings is 1. The molecule has 0 bridgehead atoms. The Bertz CT molecular complexity index is 481. The molecule has 0 unspecified atom stereocenters. The summed E-state index contributed by atoms with van der Waals surface area (Å²) in [5.41, 5.74) is 1.07. The molecule has 0 aliphatic carbocycles. The molecule has 0 amide bonds. The van der Waals surface area contributed by atoms with Crippen LogP contribution in [0.15, 0.2) is 30.5 Å². The van der Waals surface area contributed by atoms with E-state index in [9.17, 15) is 0 Å². The number of halogens is 1. The highest BCUT2D eigenvalue weighted by Gasteiger charge is 2.03. The van der Waals surface area contributed by atoms with Crippen LogP contribution in [0.1, 0.15) is 18.9 Å². The van der Waals surface area contributed by atoms with Gasteiger partial charge < -0.3 is 5.32 Å². The number of hydrogen-bond acceptors (Lipinski definition) is 3. The first kappa shape index (κ1) is 11.9. The average Bonchev–Trinajstić information content (AvgIpc) is 2.76. The molecule has 0 saturated heterocycles. The van der Waals surface area contributed by atoms with E-state index in [2.05, 4.69) is 22.6 Å². The van der Waals surface area contributed by atoms with Crippen molar-refractivity contribution in [2.75, 3.05) is 5.32 Å². The molecule has 5 heteroatoms. The molecule has 0 aliphatic rings. The Morgan fingerprint density at radius 1 is 1.35 bits per heavy atom. The van der Waals surface area contributed by atoms with Gasteiger partial charge in [0.1, 0.15) is 5.82 Å². The Kier molecular flexibility index (Phi) is 3.98. The lowest BCUT2D eigenvalue weighted by molar-refractivity contribution is 0.583. The van der Waals surface area contributed by atoms with E-state index in [-0.39, 0.29) is 0 Å². The highest BCUT2D eigenvalue weighted by Crippen LogP contribution is 2.16. The van der Waals surface area contributed by atoms with Gasteiger partial charge in [0.05, 0.1) is 6.20 Å². The van der Waals surface area contributed by atoms with Crippen molar-refractivity contribution in [3.05, 3.63) is 41.0 Å². The maximum Gasteiger partial charge on any atom is 0.145 e. The van der Waals surface area contributed by atoms with Crippen LogP contribution in [-0.4, -0.2) is 15.0 Å². The molecule has 1 aromatic carbocycles. The zero-order valence-corrected chi connectivity index (χ0v) is 10.5. The second kappa shape index (κ2) is 5.68. The maximum absolute atomic E-state index is 6.09. The third-order valence-corrected chi connectivity index (χ3v) is 2.84. The van der Waals surface area contributed by atoms with Crippen LogP contribution < -0.4 is 5.32 Å². The summed E-state index contributed by atoms with van der Waals surface area (Å²) < 4.78 is 1.86. The lowest BCUT2D eigenvalue weighted by Gasteiger charge is -2.08. The largest absolute Gasteiger partial charge is 0.365 e. The second-order valence-electron chi connectivity index (χ2n) is 3.79. The lowest BCUT2D eigenvalue weighted by atomic mass is 10.2. The summed E-state index contributed by atoms with van der Waals surface area (Å²) in [7, 11) is 0. The summed E-state index contributed by atoms with van der Waals surface area (Å²) in [4.78, 5) is 0. The van der Waals surface area contributed by atoms with Crippen molar-refractivity contribution >= 4 is 17.4 Å². The molecule has 0 atom stereocenters. The molecule has 0 fully saturated rings. The van der Waals surface area contributed by atoms with E-state index in [4.69, 9.17) is 11.6 Å². The van der Waals surface area contributed by atoms with E-state index >= 15 is 0 Å². The molecule has 0 spiro atoms. The van der Waals surface area contributed by atoms with Crippen LogP contribution in [0.5, 0.6) is 0 Å². The lowest BCUT2D eigenvalue weighted by Crippen LogP contribution is -2.08. The van der Waals surface area contributed by atoms with Gasteiger partial charge in [-0.15, -0.1) is 5.10 Å². The standard InChI is InChI=1S/C12H15ClN4/c1-2-7-17-12(9-15-16-17)14-8-10-5-3-4-6-11(10)13/h3-6,9,14H,2,7-8H2,1H3. The molecule has 0 radical (unpaired) electrons. The van der Waals surface area contributed by atoms with Gasteiger partial charge in [-0.2, -0.15) is 0 Å². The van der Waals surface area contributed by atoms with Gasteiger partial charge in [0.2, 0.25) is 0 Å². The molecule has 17 heavy (non-hydrogen) atoms. The Balaban J connectivity index is 2.02. The SMILES string of the molecule is CCCn1nncc1NCc1ccccc1Cl. The average molecular weight is 251 g/mol. The smallest absolute Gasteiger partial charge is 0.145 e. The molecule has 4 nitrogen and oxygen atoms in total. The number of nitrogens with one attached hydrogen (secondary N) is 1. The minimum absolute atomic E-state index is 0.677. The van der Waals surface area contributed by atoms with Gasteiger partial charge in [0.25, 0.3) is 0 Å². The van der Waals surface area contributed by atoms with Crippen LogP contribution in [-0.2, 0) is 13.1 Å². The Morgan fingerprint density at radius 3 is 2.94 bits per heavy atom. The highest BCUT2D eigenvalue weighted by atomic mass is 35.5. The van der Waals surface area contributed by atoms with Crippen molar-refractivity contribution in [3.8, 4) is 0 Å². The molecule has 2 aromatic rings. The quantitative estimate of drug-likeness (QED) is 0.887. The number of nitrogens with zero attached hydrogens (tertiary/aromatic N) is 3. The zero-order valence-electron chi connectivity index (χ0n) is 9.73. The number of aryl methyl sites for hydroxylation is 1. The van der Waals surface area contributed by atoms with Gasteiger partial charge in [-0.3, -0.25) is 0 Å². The van der Waals surface area contributed by atoms with Crippen molar-refractivity contribution in [1.82, 2.24) is 15.0 Å². The molecule has 1 N–H and O–H groups in total. The number of aromatic nitrogens is 3. The Morgan fingerprint density at radius 2 is 2.18 bits per heavy atom. The van der Waals surface area contributed by atoms with Gasteiger partial charge in [-0.1, -0.05) is 41.9 Å². The third kappa shape index (κ3) is 2.97. The monoisotopic (exact) mass is 250 g/mol. The van der Waals surface area contributed by atoms with Crippen molar-refractivity contribution in [1.29, 1.82) is 0 Å². The Hall–Kier alpha value is -1.55. The summed E-state index contributed by atoms with van der Waals surface area (Å²) in [6.07, 6.45) is 2.76. The minimum Gasteiger partial charge on any atom is -0.365 e. The van der Waals surface area contributed by atoms with Crippen LogP contribution in [0.4, 0.5) is 5.82 Å². The summed E-state index contributed by atoms with van der Waals surface area (Å²) >= 11 is 6.09. The summed E-state index contributed by atoms with van der Waals surface area (Å²) in [5.74, 6) is 0.923. The third-order valence-electron chi connectivity index (χ3n) is 2.47. The second-order valence-corrected chi connectivity index (χ2v) is 4.19. The molecular weight excluding hydrogens is 236 g/mol. The highest BCUT2D eigenvalue weighted by molar-refractivity contribution is 6.31. The zero-order chi connectivity index (χ0) is 12.1. The van der Waals surface area contributed by atoms with Gasteiger partial charge in [0, 0.05) is 18.1 Å². The fourth-order valence-corrected chi connectivity index (χ4v) is 1.80. The summed E-state index contributed by atoms with van der Waals surface area (Å²) in [6, 6.07) is 7.79. The van der Waals surface area contributed by atoms with E-state index < -0.39 is 0 Å². The van der Waals surface area contributed by atoms with Crippen molar-refractivity contribution in [3.63, 3.8) is 0 Å². The Labute approximate surface area is 106 Å². The topological polar surface area (TPSA) is 42.7 Å². The summed E-state index contributed by atoms with van der Waals surface area (Å²) in [6.45, 7) is 3.65. The van der Waals surface area contributed by atoms with E-state index in [1.54, 1.807) is 6.20 Å². The first-order valence-electron chi connectivity index (χ1n) is 5.67. The molecule has 2 rings (SSSR count). The van der Waals surface area contributed by atoms with Gasteiger partial charge >= 0.3 is 0 Å². The molecule has 0 saturated carbocycles. The van der Waals surface area contributed by atoms with Crippen LogP contribution in [0.3, 0.4) is 0 Å².